The lowest BCUT2D eigenvalue weighted by Crippen LogP contribution is -2.27. The van der Waals surface area contributed by atoms with Gasteiger partial charge in [0.15, 0.2) is 0 Å². The van der Waals surface area contributed by atoms with E-state index in [0.717, 1.165) is 77.0 Å². The van der Waals surface area contributed by atoms with Crippen molar-refractivity contribution in [2.75, 3.05) is 19.8 Å². The summed E-state index contributed by atoms with van der Waals surface area (Å²) in [6, 6.07) is 0. The third-order valence-electron chi connectivity index (χ3n) is 10.4. The van der Waals surface area contributed by atoms with Crippen LogP contribution in [0.15, 0.2) is 0 Å². The fraction of sp³-hybridized carbons (Fsp3) is 0.903. The van der Waals surface area contributed by atoms with Gasteiger partial charge in [-0.15, -0.1) is 0 Å². The number of hydrogen-bond acceptors (Lipinski definition) is 10. The van der Waals surface area contributed by atoms with Gasteiger partial charge in [0.25, 0.3) is 0 Å². The van der Waals surface area contributed by atoms with E-state index in [9.17, 15) is 14.4 Å². The van der Waals surface area contributed by atoms with Gasteiger partial charge in [0, 0.05) is 0 Å². The number of epoxide rings is 4. The molecule has 228 valence electrons. The third kappa shape index (κ3) is 7.61. The number of esters is 3. The van der Waals surface area contributed by atoms with Gasteiger partial charge in [0.05, 0.1) is 74.6 Å². The molecule has 12 unspecified atom stereocenters. The molecule has 0 bridgehead atoms. The van der Waals surface area contributed by atoms with Gasteiger partial charge in [-0.3, -0.25) is 14.4 Å². The highest BCUT2D eigenvalue weighted by Gasteiger charge is 2.47. The van der Waals surface area contributed by atoms with Gasteiger partial charge in [-0.05, 0) is 94.8 Å². The summed E-state index contributed by atoms with van der Waals surface area (Å²) in [6.07, 6.45) is 15.5. The summed E-state index contributed by atoms with van der Waals surface area (Å²) in [5.74, 6) is 0.377. The fourth-order valence-electron chi connectivity index (χ4n) is 7.49. The zero-order valence-corrected chi connectivity index (χ0v) is 23.8. The molecule has 10 heteroatoms. The molecule has 0 spiro atoms. The first-order chi connectivity index (χ1) is 20.0. The van der Waals surface area contributed by atoms with Crippen molar-refractivity contribution in [3.8, 4) is 0 Å². The van der Waals surface area contributed by atoms with E-state index in [0.29, 0.717) is 86.4 Å². The van der Waals surface area contributed by atoms with Crippen LogP contribution in [0.3, 0.4) is 0 Å². The van der Waals surface area contributed by atoms with Gasteiger partial charge in [-0.1, -0.05) is 0 Å². The molecule has 8 fully saturated rings. The van der Waals surface area contributed by atoms with Crippen molar-refractivity contribution in [1.29, 1.82) is 0 Å². The van der Waals surface area contributed by atoms with Gasteiger partial charge < -0.3 is 33.2 Å². The summed E-state index contributed by atoms with van der Waals surface area (Å²) in [4.78, 5) is 35.4. The largest absolute Gasteiger partial charge is 0.465 e. The average molecular weight is 577 g/mol. The summed E-state index contributed by atoms with van der Waals surface area (Å²) < 4.78 is 37.8. The number of rotatable bonds is 9. The summed E-state index contributed by atoms with van der Waals surface area (Å²) in [7, 11) is 0. The van der Waals surface area contributed by atoms with Gasteiger partial charge in [0.2, 0.25) is 0 Å². The van der Waals surface area contributed by atoms with Gasteiger partial charge in [-0.2, -0.15) is 0 Å². The molecule has 12 atom stereocenters. The lowest BCUT2D eigenvalue weighted by atomic mass is 9.89. The van der Waals surface area contributed by atoms with Crippen molar-refractivity contribution in [3.05, 3.63) is 0 Å². The second-order valence-electron chi connectivity index (χ2n) is 13.6. The maximum Gasteiger partial charge on any atom is 0.317 e. The van der Waals surface area contributed by atoms with Crippen LogP contribution in [0.1, 0.15) is 83.5 Å². The minimum atomic E-state index is -0.483. The number of carbonyl (C=O) groups is 3. The number of ether oxygens (including phenoxy) is 7. The van der Waals surface area contributed by atoms with Crippen molar-refractivity contribution < 1.29 is 47.5 Å². The molecule has 0 aromatic heterocycles. The van der Waals surface area contributed by atoms with Crippen molar-refractivity contribution >= 4 is 17.9 Å². The van der Waals surface area contributed by atoms with E-state index < -0.39 is 11.9 Å². The van der Waals surface area contributed by atoms with Crippen LogP contribution in [-0.2, 0) is 47.5 Å². The zero-order valence-electron chi connectivity index (χ0n) is 23.8. The highest BCUT2D eigenvalue weighted by Crippen LogP contribution is 2.42. The van der Waals surface area contributed by atoms with Crippen molar-refractivity contribution in [1.82, 2.24) is 0 Å². The fourth-order valence-corrected chi connectivity index (χ4v) is 7.49. The quantitative estimate of drug-likeness (QED) is 0.175. The molecule has 0 amide bonds. The molecule has 4 heterocycles. The summed E-state index contributed by atoms with van der Waals surface area (Å²) >= 11 is 0. The predicted molar refractivity (Wildman–Crippen MR) is 142 cm³/mol. The van der Waals surface area contributed by atoms with E-state index in [-0.39, 0.29) is 18.3 Å². The molecule has 8 rings (SSSR count). The number of carbonyl (C=O) groups excluding carboxylic acids is 3. The Labute approximate surface area is 241 Å². The first kappa shape index (κ1) is 28.0. The first-order valence-corrected chi connectivity index (χ1v) is 16.1. The molecule has 8 aliphatic rings. The lowest BCUT2D eigenvalue weighted by Gasteiger charge is -2.21. The molecule has 0 aromatic carbocycles. The SMILES string of the molecule is O=C(CC(=O)OCC1CCC2OC2C1)OCC1CCC2OC2C1.O=C(OCC1CCC2OC2C1)C1CCC2OC2C1. The van der Waals surface area contributed by atoms with Gasteiger partial charge in [0.1, 0.15) is 6.42 Å². The summed E-state index contributed by atoms with van der Waals surface area (Å²) in [5.41, 5.74) is 0. The van der Waals surface area contributed by atoms with Crippen LogP contribution in [0.2, 0.25) is 0 Å². The topological polar surface area (TPSA) is 129 Å². The molecule has 41 heavy (non-hydrogen) atoms. The van der Waals surface area contributed by atoms with Crippen LogP contribution in [-0.4, -0.2) is 86.6 Å². The Morgan fingerprint density at radius 3 is 1.27 bits per heavy atom. The van der Waals surface area contributed by atoms with E-state index in [1.165, 1.54) is 0 Å². The van der Waals surface area contributed by atoms with E-state index in [2.05, 4.69) is 0 Å². The first-order valence-electron chi connectivity index (χ1n) is 16.1. The summed E-state index contributed by atoms with van der Waals surface area (Å²) in [5, 5.41) is 0. The van der Waals surface area contributed by atoms with Crippen LogP contribution < -0.4 is 0 Å². The molecule has 0 radical (unpaired) electrons. The van der Waals surface area contributed by atoms with Crippen LogP contribution in [0.25, 0.3) is 0 Å². The minimum Gasteiger partial charge on any atom is -0.465 e. The second kappa shape index (κ2) is 12.1. The van der Waals surface area contributed by atoms with E-state index in [1.54, 1.807) is 0 Å². The van der Waals surface area contributed by atoms with Gasteiger partial charge >= 0.3 is 17.9 Å². The van der Waals surface area contributed by atoms with E-state index in [4.69, 9.17) is 33.2 Å². The molecule has 0 N–H and O–H groups in total. The van der Waals surface area contributed by atoms with Crippen LogP contribution >= 0.6 is 0 Å². The molecular weight excluding hydrogens is 532 g/mol. The highest BCUT2D eigenvalue weighted by atomic mass is 16.6. The van der Waals surface area contributed by atoms with Crippen molar-refractivity contribution in [3.63, 3.8) is 0 Å². The Balaban J connectivity index is 0.000000139. The Bertz CT molecular complexity index is 944. The Morgan fingerprint density at radius 1 is 0.463 bits per heavy atom. The van der Waals surface area contributed by atoms with Crippen molar-refractivity contribution in [2.24, 2.45) is 23.7 Å². The molecule has 4 aliphatic carbocycles. The van der Waals surface area contributed by atoms with Crippen LogP contribution in [0.4, 0.5) is 0 Å². The average Bonchev–Trinajstić information content (AvgIpc) is 3.81. The van der Waals surface area contributed by atoms with Gasteiger partial charge in [-0.25, -0.2) is 0 Å². The Hall–Kier alpha value is -1.75. The maximum absolute atomic E-state index is 12.0. The van der Waals surface area contributed by atoms with E-state index in [1.807, 2.05) is 0 Å². The summed E-state index contributed by atoms with van der Waals surface area (Å²) in [6.45, 7) is 1.38. The van der Waals surface area contributed by atoms with Crippen molar-refractivity contribution in [2.45, 2.75) is 132 Å². The lowest BCUT2D eigenvalue weighted by molar-refractivity contribution is -0.156. The smallest absolute Gasteiger partial charge is 0.317 e. The second-order valence-corrected chi connectivity index (χ2v) is 13.6. The zero-order chi connectivity index (χ0) is 27.9. The molecule has 4 saturated heterocycles. The Morgan fingerprint density at radius 2 is 0.854 bits per heavy atom. The molecule has 10 nitrogen and oxygen atoms in total. The number of fused-ring (bicyclic) bond motifs is 4. The van der Waals surface area contributed by atoms with Crippen LogP contribution in [0.5, 0.6) is 0 Å². The predicted octanol–water partition coefficient (Wildman–Crippen LogP) is 3.26. The van der Waals surface area contributed by atoms with E-state index >= 15 is 0 Å². The maximum atomic E-state index is 12.0. The molecular formula is C31H44O10. The highest BCUT2D eigenvalue weighted by molar-refractivity contribution is 5.91. The standard InChI is InChI=1S/C17H24O6.C14H20O4/c18-16(20-8-10-1-3-12-14(5-10)22-12)7-17(19)21-9-11-2-4-13-15(6-11)23-13;15-14(9-2-4-11-13(6-9)18-11)16-7-8-1-3-10-12(5-8)17-10/h10-15H,1-9H2;8-13H,1-7H2. The normalized spacial score (nSPS) is 44.2. The molecule has 4 aliphatic heterocycles. The monoisotopic (exact) mass is 576 g/mol. The third-order valence-corrected chi connectivity index (χ3v) is 10.4. The number of hydrogen-bond donors (Lipinski definition) is 0. The Kier molecular flexibility index (Phi) is 8.27. The van der Waals surface area contributed by atoms with Crippen LogP contribution in [0, 0.1) is 23.7 Å². The molecule has 4 saturated carbocycles. The minimum absolute atomic E-state index is 0.00258. The molecule has 0 aromatic rings.